The SMILES string of the molecule is O=C(Cn1ccc2cc([N+](=O)[O-])ccc21)Nc1ccc(C(=O)N2CCc3ccccc32)cc1. The normalized spacial score (nSPS) is 12.5. The van der Waals surface area contributed by atoms with Gasteiger partial charge in [0.1, 0.15) is 6.54 Å². The summed E-state index contributed by atoms with van der Waals surface area (Å²) in [4.78, 5) is 37.8. The molecule has 8 heteroatoms. The molecular formula is C25H20N4O4. The Kier molecular flexibility index (Phi) is 5.10. The molecule has 4 aromatic rings. The Labute approximate surface area is 189 Å². The van der Waals surface area contributed by atoms with E-state index in [1.54, 1.807) is 52.1 Å². The van der Waals surface area contributed by atoms with Crippen LogP contribution in [0.15, 0.2) is 79.0 Å². The van der Waals surface area contributed by atoms with E-state index in [4.69, 9.17) is 0 Å². The van der Waals surface area contributed by atoms with Gasteiger partial charge >= 0.3 is 0 Å². The lowest BCUT2D eigenvalue weighted by Gasteiger charge is -2.17. The number of amides is 2. The number of fused-ring (bicyclic) bond motifs is 2. The summed E-state index contributed by atoms with van der Waals surface area (Å²) in [6, 6.07) is 21.0. The lowest BCUT2D eigenvalue weighted by atomic mass is 10.1. The number of nitrogens with one attached hydrogen (secondary N) is 1. The molecule has 3 aromatic carbocycles. The smallest absolute Gasteiger partial charge is 0.270 e. The van der Waals surface area contributed by atoms with Crippen molar-refractivity contribution in [2.24, 2.45) is 0 Å². The Hall–Kier alpha value is -4.46. The fraction of sp³-hybridized carbons (Fsp3) is 0.120. The molecule has 33 heavy (non-hydrogen) atoms. The summed E-state index contributed by atoms with van der Waals surface area (Å²) in [7, 11) is 0. The molecule has 0 unspecified atom stereocenters. The fourth-order valence-corrected chi connectivity index (χ4v) is 4.20. The van der Waals surface area contributed by atoms with Gasteiger partial charge in [-0.2, -0.15) is 0 Å². The maximum Gasteiger partial charge on any atom is 0.270 e. The highest BCUT2D eigenvalue weighted by molar-refractivity contribution is 6.07. The predicted molar refractivity (Wildman–Crippen MR) is 125 cm³/mol. The van der Waals surface area contributed by atoms with Crippen LogP contribution in [0.2, 0.25) is 0 Å². The maximum atomic E-state index is 12.9. The number of rotatable bonds is 5. The van der Waals surface area contributed by atoms with Crippen LogP contribution in [0.3, 0.4) is 0 Å². The standard InChI is InChI=1S/C25H20N4O4/c30-24(16-27-13-11-19-15-21(29(32)33)9-10-22(19)27)26-20-7-5-18(6-8-20)25(31)28-14-12-17-3-1-2-4-23(17)28/h1-11,13,15H,12,14,16H2,(H,26,30). The van der Waals surface area contributed by atoms with Crippen molar-refractivity contribution in [2.75, 3.05) is 16.8 Å². The van der Waals surface area contributed by atoms with Gasteiger partial charge in [-0.05, 0) is 54.4 Å². The van der Waals surface area contributed by atoms with Gasteiger partial charge in [0.15, 0.2) is 0 Å². The van der Waals surface area contributed by atoms with E-state index < -0.39 is 4.92 Å². The summed E-state index contributed by atoms with van der Waals surface area (Å²) in [5.41, 5.74) is 4.01. The van der Waals surface area contributed by atoms with E-state index in [9.17, 15) is 19.7 Å². The molecule has 0 saturated heterocycles. The molecule has 0 fully saturated rings. The number of para-hydroxylation sites is 1. The van der Waals surface area contributed by atoms with Gasteiger partial charge in [0.2, 0.25) is 5.91 Å². The Morgan fingerprint density at radius 3 is 2.58 bits per heavy atom. The highest BCUT2D eigenvalue weighted by atomic mass is 16.6. The molecule has 1 aliphatic rings. The van der Waals surface area contributed by atoms with Gasteiger partial charge in [0, 0.05) is 52.7 Å². The molecule has 0 atom stereocenters. The Bertz CT molecular complexity index is 1390. The summed E-state index contributed by atoms with van der Waals surface area (Å²) < 4.78 is 1.73. The number of non-ortho nitro benzene ring substituents is 1. The van der Waals surface area contributed by atoms with Crippen LogP contribution in [-0.2, 0) is 17.8 Å². The molecule has 0 aliphatic carbocycles. The number of hydrogen-bond acceptors (Lipinski definition) is 4. The number of nitro groups is 1. The summed E-state index contributed by atoms with van der Waals surface area (Å²) in [6.07, 6.45) is 2.57. The second-order valence-corrected chi connectivity index (χ2v) is 7.90. The molecule has 8 nitrogen and oxygen atoms in total. The van der Waals surface area contributed by atoms with Crippen LogP contribution in [0.1, 0.15) is 15.9 Å². The molecule has 0 spiro atoms. The van der Waals surface area contributed by atoms with Crippen LogP contribution in [0.25, 0.3) is 10.9 Å². The second-order valence-electron chi connectivity index (χ2n) is 7.90. The van der Waals surface area contributed by atoms with Gasteiger partial charge in [-0.3, -0.25) is 19.7 Å². The van der Waals surface area contributed by atoms with Crippen LogP contribution >= 0.6 is 0 Å². The van der Waals surface area contributed by atoms with Crippen molar-refractivity contribution in [1.29, 1.82) is 0 Å². The highest BCUT2D eigenvalue weighted by Gasteiger charge is 2.25. The molecule has 0 bridgehead atoms. The zero-order valence-corrected chi connectivity index (χ0v) is 17.6. The first-order valence-electron chi connectivity index (χ1n) is 10.5. The zero-order valence-electron chi connectivity index (χ0n) is 17.6. The van der Waals surface area contributed by atoms with E-state index in [-0.39, 0.29) is 24.0 Å². The van der Waals surface area contributed by atoms with Gasteiger partial charge in [0.25, 0.3) is 11.6 Å². The van der Waals surface area contributed by atoms with E-state index in [1.807, 2.05) is 24.3 Å². The lowest BCUT2D eigenvalue weighted by molar-refractivity contribution is -0.384. The third-order valence-electron chi connectivity index (χ3n) is 5.83. The molecule has 1 aromatic heterocycles. The highest BCUT2D eigenvalue weighted by Crippen LogP contribution is 2.29. The maximum absolute atomic E-state index is 12.9. The quantitative estimate of drug-likeness (QED) is 0.368. The predicted octanol–water partition coefficient (Wildman–Crippen LogP) is 4.39. The van der Waals surface area contributed by atoms with Gasteiger partial charge in [0.05, 0.1) is 4.92 Å². The van der Waals surface area contributed by atoms with Crippen LogP contribution < -0.4 is 10.2 Å². The lowest BCUT2D eigenvalue weighted by Crippen LogP contribution is -2.28. The minimum Gasteiger partial charge on any atom is -0.338 e. The number of hydrogen-bond donors (Lipinski definition) is 1. The third-order valence-corrected chi connectivity index (χ3v) is 5.83. The number of benzene rings is 3. The Morgan fingerprint density at radius 2 is 1.79 bits per heavy atom. The van der Waals surface area contributed by atoms with Gasteiger partial charge in [-0.25, -0.2) is 0 Å². The molecule has 1 N–H and O–H groups in total. The summed E-state index contributed by atoms with van der Waals surface area (Å²) >= 11 is 0. The number of nitro benzene ring substituents is 1. The zero-order chi connectivity index (χ0) is 22.9. The Morgan fingerprint density at radius 1 is 1.00 bits per heavy atom. The van der Waals surface area contributed by atoms with Crippen molar-refractivity contribution >= 4 is 39.8 Å². The minimum atomic E-state index is -0.444. The van der Waals surface area contributed by atoms with Gasteiger partial charge in [-0.1, -0.05) is 18.2 Å². The second kappa shape index (κ2) is 8.23. The molecule has 5 rings (SSSR count). The van der Waals surface area contributed by atoms with E-state index >= 15 is 0 Å². The van der Waals surface area contributed by atoms with E-state index in [1.165, 1.54) is 17.7 Å². The van der Waals surface area contributed by atoms with Gasteiger partial charge < -0.3 is 14.8 Å². The summed E-state index contributed by atoms with van der Waals surface area (Å²) in [5.74, 6) is -0.302. The number of nitrogens with zero attached hydrogens (tertiary/aromatic N) is 3. The van der Waals surface area contributed by atoms with Crippen molar-refractivity contribution in [3.05, 3.63) is 100 Å². The fourth-order valence-electron chi connectivity index (χ4n) is 4.20. The molecule has 0 radical (unpaired) electrons. The first-order chi connectivity index (χ1) is 16.0. The number of anilines is 2. The van der Waals surface area contributed by atoms with E-state index in [2.05, 4.69) is 5.32 Å². The largest absolute Gasteiger partial charge is 0.338 e. The van der Waals surface area contributed by atoms with Crippen molar-refractivity contribution in [3.63, 3.8) is 0 Å². The van der Waals surface area contributed by atoms with Crippen LogP contribution in [0.5, 0.6) is 0 Å². The first-order valence-corrected chi connectivity index (χ1v) is 10.5. The van der Waals surface area contributed by atoms with Crippen molar-refractivity contribution in [3.8, 4) is 0 Å². The average Bonchev–Trinajstić information content (AvgIpc) is 3.43. The van der Waals surface area contributed by atoms with E-state index in [0.29, 0.717) is 23.2 Å². The Balaban J connectivity index is 1.25. The molecule has 0 saturated carbocycles. The van der Waals surface area contributed by atoms with Crippen molar-refractivity contribution < 1.29 is 14.5 Å². The van der Waals surface area contributed by atoms with E-state index in [0.717, 1.165) is 17.6 Å². The molecule has 164 valence electrons. The number of carbonyl (C=O) groups is 2. The van der Waals surface area contributed by atoms with Crippen molar-refractivity contribution in [2.45, 2.75) is 13.0 Å². The number of carbonyl (C=O) groups excluding carboxylic acids is 2. The topological polar surface area (TPSA) is 97.5 Å². The van der Waals surface area contributed by atoms with Crippen LogP contribution in [0.4, 0.5) is 17.1 Å². The average molecular weight is 440 g/mol. The molecule has 2 heterocycles. The van der Waals surface area contributed by atoms with Crippen LogP contribution in [-0.4, -0.2) is 27.8 Å². The number of aromatic nitrogens is 1. The van der Waals surface area contributed by atoms with Gasteiger partial charge in [-0.15, -0.1) is 0 Å². The summed E-state index contributed by atoms with van der Waals surface area (Å²) in [5, 5.41) is 14.5. The van der Waals surface area contributed by atoms with Crippen molar-refractivity contribution in [1.82, 2.24) is 4.57 Å². The molecule has 2 amide bonds. The first kappa shape index (κ1) is 20.4. The van der Waals surface area contributed by atoms with Crippen LogP contribution in [0, 0.1) is 10.1 Å². The minimum absolute atomic E-state index is 0.0109. The molecular weight excluding hydrogens is 420 g/mol. The monoisotopic (exact) mass is 440 g/mol. The molecule has 1 aliphatic heterocycles. The third kappa shape index (κ3) is 3.94. The summed E-state index contributed by atoms with van der Waals surface area (Å²) in [6.45, 7) is 0.719.